The summed E-state index contributed by atoms with van der Waals surface area (Å²) >= 11 is 0. The minimum atomic E-state index is -2.52. The highest BCUT2D eigenvalue weighted by Gasteiger charge is 2.42. The molecule has 0 aliphatic carbocycles. The van der Waals surface area contributed by atoms with Gasteiger partial charge in [-0.15, -0.1) is 0 Å². The van der Waals surface area contributed by atoms with Gasteiger partial charge in [0.15, 0.2) is 16.6 Å². The molecular formula is C22H44O7Si3. The average Bonchev–Trinajstić information content (AvgIpc) is 2.65. The van der Waals surface area contributed by atoms with Crippen LogP contribution in [0.5, 0.6) is 0 Å². The number of carbonyl (C=O) groups is 2. The Morgan fingerprint density at radius 2 is 1.09 bits per heavy atom. The van der Waals surface area contributed by atoms with Crippen molar-refractivity contribution in [3.05, 3.63) is 24.3 Å². The summed E-state index contributed by atoms with van der Waals surface area (Å²) in [6.07, 6.45) is 2.11. The summed E-state index contributed by atoms with van der Waals surface area (Å²) in [4.78, 5) is 23.1. The molecule has 0 aromatic rings. The Labute approximate surface area is 197 Å². The topological polar surface area (TPSA) is 91.3 Å². The third kappa shape index (κ3) is 14.2. The van der Waals surface area contributed by atoms with Crippen molar-refractivity contribution in [2.24, 2.45) is 0 Å². The monoisotopic (exact) mass is 504 g/mol. The fourth-order valence-electron chi connectivity index (χ4n) is 3.37. The van der Waals surface area contributed by atoms with Crippen molar-refractivity contribution in [2.75, 3.05) is 19.8 Å². The third-order valence-corrected chi connectivity index (χ3v) is 17.0. The number of rotatable bonds is 17. The van der Waals surface area contributed by atoms with E-state index >= 15 is 0 Å². The van der Waals surface area contributed by atoms with Crippen LogP contribution in [0.4, 0.5) is 0 Å². The number of hydrogen-bond acceptors (Lipinski definition) is 7. The molecule has 0 bridgehead atoms. The Kier molecular flexibility index (Phi) is 13.8. The van der Waals surface area contributed by atoms with Gasteiger partial charge in [0.1, 0.15) is 0 Å². The van der Waals surface area contributed by atoms with Crippen molar-refractivity contribution in [1.82, 2.24) is 0 Å². The van der Waals surface area contributed by atoms with E-state index in [2.05, 4.69) is 45.9 Å². The van der Waals surface area contributed by atoms with Crippen LogP contribution in [0.1, 0.15) is 33.1 Å². The molecule has 0 atom stereocenters. The highest BCUT2D eigenvalue weighted by atomic mass is 28.5. The smallest absolute Gasteiger partial charge is 0.333 e. The number of ether oxygens (including phenoxy) is 2. The summed E-state index contributed by atoms with van der Waals surface area (Å²) in [5.41, 5.74) is 0.799. The van der Waals surface area contributed by atoms with Gasteiger partial charge in [0.2, 0.25) is 0 Å². The molecule has 0 rings (SSSR count). The molecule has 0 saturated heterocycles. The van der Waals surface area contributed by atoms with Gasteiger partial charge < -0.3 is 22.8 Å². The lowest BCUT2D eigenvalue weighted by atomic mass is 10.4. The molecular weight excluding hydrogens is 460 g/mol. The van der Waals surface area contributed by atoms with Gasteiger partial charge in [-0.05, 0) is 84.0 Å². The van der Waals surface area contributed by atoms with Gasteiger partial charge in [-0.1, -0.05) is 13.2 Å². The van der Waals surface area contributed by atoms with Crippen LogP contribution < -0.4 is 0 Å². The molecule has 0 heterocycles. The molecule has 0 aliphatic heterocycles. The Bertz CT molecular complexity index is 599. The first-order valence-corrected chi connectivity index (χ1v) is 20.0. The van der Waals surface area contributed by atoms with E-state index in [0.29, 0.717) is 30.8 Å². The molecule has 0 radical (unpaired) electrons. The summed E-state index contributed by atoms with van der Waals surface area (Å²) in [6, 6.07) is 2.42. The van der Waals surface area contributed by atoms with Crippen molar-refractivity contribution in [3.63, 3.8) is 0 Å². The van der Waals surface area contributed by atoms with Crippen LogP contribution in [0, 0.1) is 0 Å². The molecule has 0 spiro atoms. The van der Waals surface area contributed by atoms with E-state index in [0.717, 1.165) is 31.0 Å². The molecule has 0 saturated carbocycles. The van der Waals surface area contributed by atoms with Crippen molar-refractivity contribution >= 4 is 37.1 Å². The fourth-order valence-corrected chi connectivity index (χ4v) is 17.7. The minimum Gasteiger partial charge on any atom is -0.462 e. The summed E-state index contributed by atoms with van der Waals surface area (Å²) in [7, 11) is -6.66. The molecule has 0 amide bonds. The van der Waals surface area contributed by atoms with Crippen LogP contribution in [0.2, 0.25) is 50.9 Å². The molecule has 7 nitrogen and oxygen atoms in total. The molecule has 0 aliphatic rings. The first-order chi connectivity index (χ1) is 14.6. The lowest BCUT2D eigenvalue weighted by Gasteiger charge is -2.41. The van der Waals surface area contributed by atoms with Crippen LogP contribution in [0.3, 0.4) is 0 Å². The lowest BCUT2D eigenvalue weighted by Crippen LogP contribution is -2.54. The van der Waals surface area contributed by atoms with E-state index in [1.807, 2.05) is 0 Å². The molecule has 10 heteroatoms. The number of hydrogen-bond donors (Lipinski definition) is 1. The maximum Gasteiger partial charge on any atom is 0.333 e. The van der Waals surface area contributed by atoms with E-state index in [4.69, 9.17) is 17.7 Å². The maximum absolute atomic E-state index is 11.5. The van der Waals surface area contributed by atoms with E-state index in [1.165, 1.54) is 0 Å². The second-order valence-corrected chi connectivity index (χ2v) is 22.2. The average molecular weight is 505 g/mol. The van der Waals surface area contributed by atoms with Gasteiger partial charge in [-0.25, -0.2) is 9.59 Å². The fraction of sp³-hybridized carbons (Fsp3) is 0.727. The molecule has 0 unspecified atom stereocenters. The van der Waals surface area contributed by atoms with E-state index in [1.54, 1.807) is 13.8 Å². The van der Waals surface area contributed by atoms with E-state index in [-0.39, 0.29) is 18.5 Å². The number of esters is 2. The first kappa shape index (κ1) is 31.0. The molecule has 1 N–H and O–H groups in total. The zero-order chi connectivity index (χ0) is 25.0. The highest BCUT2D eigenvalue weighted by molar-refractivity contribution is 6.88. The zero-order valence-electron chi connectivity index (χ0n) is 21.2. The Morgan fingerprint density at radius 3 is 1.41 bits per heavy atom. The van der Waals surface area contributed by atoms with Crippen LogP contribution >= 0.6 is 0 Å². The second kappa shape index (κ2) is 14.3. The van der Waals surface area contributed by atoms with Gasteiger partial charge in [0.05, 0.1) is 13.2 Å². The van der Waals surface area contributed by atoms with Crippen LogP contribution in [-0.4, -0.2) is 62.1 Å². The lowest BCUT2D eigenvalue weighted by molar-refractivity contribution is -0.139. The Balaban J connectivity index is 4.87. The van der Waals surface area contributed by atoms with Gasteiger partial charge in [0.25, 0.3) is 0 Å². The number of aliphatic hydroxyl groups excluding tert-OH is 1. The summed E-state index contributed by atoms with van der Waals surface area (Å²) in [5, 5.41) is 9.39. The Hall–Kier alpha value is -1.05. The van der Waals surface area contributed by atoms with Crippen molar-refractivity contribution in [3.8, 4) is 0 Å². The minimum absolute atomic E-state index is 0.104. The normalized spacial score (nSPS) is 12.4. The van der Waals surface area contributed by atoms with E-state index in [9.17, 15) is 14.7 Å². The standard InChI is InChI=1S/C22H44O7Si3/c1-19(2)21(24)26-14-11-16-30(5,6)28-32(9,18-10-13-23)29-31(7,8)17-12-15-27-22(25)20(3)4/h23H,1,3,10-18H2,2,4-9H3. The highest BCUT2D eigenvalue weighted by Crippen LogP contribution is 2.29. The third-order valence-electron chi connectivity index (χ3n) is 4.78. The van der Waals surface area contributed by atoms with Gasteiger partial charge in [0, 0.05) is 17.8 Å². The van der Waals surface area contributed by atoms with Crippen LogP contribution in [0.15, 0.2) is 24.3 Å². The van der Waals surface area contributed by atoms with Crippen molar-refractivity contribution in [2.45, 2.75) is 84.0 Å². The van der Waals surface area contributed by atoms with Gasteiger partial charge >= 0.3 is 20.5 Å². The van der Waals surface area contributed by atoms with E-state index < -0.39 is 25.2 Å². The summed E-state index contributed by atoms with van der Waals surface area (Å²) in [5.74, 6) is -0.727. The van der Waals surface area contributed by atoms with Gasteiger partial charge in [-0.2, -0.15) is 0 Å². The number of aliphatic hydroxyl groups is 1. The van der Waals surface area contributed by atoms with Crippen molar-refractivity contribution in [1.29, 1.82) is 0 Å². The molecule has 186 valence electrons. The van der Waals surface area contributed by atoms with Crippen LogP contribution in [0.25, 0.3) is 0 Å². The second-order valence-electron chi connectivity index (χ2n) is 9.72. The predicted molar refractivity (Wildman–Crippen MR) is 136 cm³/mol. The quantitative estimate of drug-likeness (QED) is 0.130. The first-order valence-electron chi connectivity index (χ1n) is 11.3. The summed E-state index contributed by atoms with van der Waals surface area (Å²) in [6.45, 7) is 22.0. The predicted octanol–water partition coefficient (Wildman–Crippen LogP) is 4.90. The SMILES string of the molecule is C=C(C)C(=O)OCCC[Si](C)(C)O[Si](C)(CCCO)O[Si](C)(C)CCCOC(=O)C(=C)C. The summed E-state index contributed by atoms with van der Waals surface area (Å²) < 4.78 is 23.8. The largest absolute Gasteiger partial charge is 0.462 e. The zero-order valence-corrected chi connectivity index (χ0v) is 24.2. The molecule has 0 aromatic carbocycles. The van der Waals surface area contributed by atoms with Crippen molar-refractivity contribution < 1.29 is 32.4 Å². The van der Waals surface area contributed by atoms with Crippen LogP contribution in [-0.2, 0) is 27.3 Å². The number of carbonyl (C=O) groups excluding carboxylic acids is 2. The molecule has 32 heavy (non-hydrogen) atoms. The molecule has 0 aromatic heterocycles. The maximum atomic E-state index is 11.5. The van der Waals surface area contributed by atoms with Gasteiger partial charge in [-0.3, -0.25) is 0 Å². The molecule has 0 fully saturated rings. The Morgan fingerprint density at radius 1 is 0.719 bits per heavy atom.